The van der Waals surface area contributed by atoms with Crippen LogP contribution in [0.15, 0.2) is 0 Å². The second-order valence-electron chi connectivity index (χ2n) is 4.79. The molecule has 0 atom stereocenters. The van der Waals surface area contributed by atoms with Crippen LogP contribution >= 0.6 is 33.2 Å². The highest BCUT2D eigenvalue weighted by Gasteiger charge is 2.52. The second kappa shape index (κ2) is 4.31. The van der Waals surface area contributed by atoms with Gasteiger partial charge in [0.25, 0.3) is 0 Å². The van der Waals surface area contributed by atoms with E-state index in [4.69, 9.17) is 33.2 Å². The molecule has 0 nitrogen and oxygen atoms in total. The summed E-state index contributed by atoms with van der Waals surface area (Å²) in [6.07, 6.45) is 0. The van der Waals surface area contributed by atoms with Gasteiger partial charge in [0.2, 0.25) is 0 Å². The monoisotopic (exact) mass is 307 g/mol. The van der Waals surface area contributed by atoms with Gasteiger partial charge in [-0.3, -0.25) is 0 Å². The van der Waals surface area contributed by atoms with Crippen LogP contribution in [0, 0.1) is 0 Å². The molecule has 79 valence electrons. The van der Waals surface area contributed by atoms with E-state index in [-0.39, 0.29) is 0 Å². The van der Waals surface area contributed by atoms with Crippen LogP contribution in [0.4, 0.5) is 0 Å². The molecular formula is C6H18Cl3Si4. The Kier molecular flexibility index (Phi) is 4.89. The van der Waals surface area contributed by atoms with Crippen molar-refractivity contribution in [3.8, 4) is 0 Å². The highest BCUT2D eigenvalue weighted by atomic mass is 35.6. The average molecular weight is 309 g/mol. The molecule has 1 radical (unpaired) electrons. The Morgan fingerprint density at radius 1 is 0.615 bits per heavy atom. The van der Waals surface area contributed by atoms with Crippen molar-refractivity contribution >= 4 is 61.3 Å². The summed E-state index contributed by atoms with van der Waals surface area (Å²) in [5.74, 6) is 0. The van der Waals surface area contributed by atoms with Gasteiger partial charge in [0, 0.05) is 0 Å². The van der Waals surface area contributed by atoms with Gasteiger partial charge < -0.3 is 0 Å². The Bertz CT molecular complexity index is 143. The fourth-order valence-electron chi connectivity index (χ4n) is 2.12. The van der Waals surface area contributed by atoms with E-state index in [1.54, 1.807) is 0 Å². The van der Waals surface area contributed by atoms with E-state index in [0.717, 1.165) is 0 Å². The number of hydrogen-bond acceptors (Lipinski definition) is 0. The Hall–Kier alpha value is 1.74. The first-order chi connectivity index (χ1) is 5.37. The molecular weight excluding hydrogens is 291 g/mol. The molecule has 0 N–H and O–H groups in total. The van der Waals surface area contributed by atoms with Gasteiger partial charge in [0.15, 0.2) is 0 Å². The third-order valence-corrected chi connectivity index (χ3v) is 63.5. The van der Waals surface area contributed by atoms with Crippen LogP contribution in [0.5, 0.6) is 0 Å². The quantitative estimate of drug-likeness (QED) is 0.545. The summed E-state index contributed by atoms with van der Waals surface area (Å²) in [7, 11) is -0.678. The standard InChI is InChI=1S/C6H18Cl3Si4/c1-11(2,7)10(12(3,4)8)13(5,6)9/h1-6H3. The molecule has 0 saturated carbocycles. The zero-order valence-corrected chi connectivity index (χ0v) is 15.4. The predicted octanol–water partition coefficient (Wildman–Crippen LogP) is 4.05. The molecule has 0 aromatic rings. The minimum atomic E-state index is -1.62. The molecule has 0 aliphatic carbocycles. The Morgan fingerprint density at radius 2 is 0.769 bits per heavy atom. The van der Waals surface area contributed by atoms with Crippen molar-refractivity contribution in [2.75, 3.05) is 0 Å². The van der Waals surface area contributed by atoms with Gasteiger partial charge in [-0.25, -0.2) is 0 Å². The van der Waals surface area contributed by atoms with Crippen molar-refractivity contribution < 1.29 is 0 Å². The van der Waals surface area contributed by atoms with Crippen LogP contribution in [-0.2, 0) is 0 Å². The van der Waals surface area contributed by atoms with Crippen molar-refractivity contribution in [1.29, 1.82) is 0 Å². The molecule has 0 aliphatic heterocycles. The average Bonchev–Trinajstić information content (AvgIpc) is 1.44. The van der Waals surface area contributed by atoms with Crippen molar-refractivity contribution in [2.24, 2.45) is 0 Å². The summed E-state index contributed by atoms with van der Waals surface area (Å²) in [4.78, 5) is 0. The van der Waals surface area contributed by atoms with Gasteiger partial charge >= 0.3 is 0 Å². The molecule has 0 aromatic heterocycles. The smallest absolute Gasteiger partial charge is 0.136 e. The first-order valence-electron chi connectivity index (χ1n) is 4.32. The first kappa shape index (κ1) is 14.7. The molecule has 0 heterocycles. The maximum atomic E-state index is 6.55. The molecule has 0 saturated heterocycles. The van der Waals surface area contributed by atoms with Gasteiger partial charge in [-0.2, -0.15) is 33.2 Å². The fourth-order valence-corrected chi connectivity index (χ4v) is 99.4. The Balaban J connectivity index is 5.02. The molecule has 0 spiro atoms. The van der Waals surface area contributed by atoms with Crippen molar-refractivity contribution in [2.45, 2.75) is 39.3 Å². The van der Waals surface area contributed by atoms with E-state index >= 15 is 0 Å². The third-order valence-electron chi connectivity index (χ3n) is 1.78. The van der Waals surface area contributed by atoms with Crippen LogP contribution in [-0.4, -0.2) is 28.1 Å². The molecule has 0 aliphatic rings. The van der Waals surface area contributed by atoms with Crippen LogP contribution in [0.1, 0.15) is 0 Å². The van der Waals surface area contributed by atoms with E-state index in [1.165, 1.54) is 0 Å². The fraction of sp³-hybridized carbons (Fsp3) is 1.00. The largest absolute Gasteiger partial charge is 0.172 e. The maximum Gasteiger partial charge on any atom is 0.136 e. The molecule has 7 heteroatoms. The molecule has 0 unspecified atom stereocenters. The highest BCUT2D eigenvalue weighted by Crippen LogP contribution is 2.32. The number of halogens is 3. The SMILES string of the molecule is C[Si](C)(Cl)[Si]([Si](C)(C)Cl)[Si](C)(C)Cl. The lowest BCUT2D eigenvalue weighted by atomic mass is 11.9. The van der Waals surface area contributed by atoms with Gasteiger partial charge in [0.05, 0.1) is 7.35 Å². The van der Waals surface area contributed by atoms with Gasteiger partial charge in [-0.1, -0.05) is 39.3 Å². The van der Waals surface area contributed by atoms with Crippen LogP contribution in [0.25, 0.3) is 0 Å². The molecule has 0 rings (SSSR count). The van der Waals surface area contributed by atoms with Crippen LogP contribution in [0.2, 0.25) is 39.3 Å². The van der Waals surface area contributed by atoms with E-state index < -0.39 is 28.1 Å². The van der Waals surface area contributed by atoms with Crippen molar-refractivity contribution in [3.63, 3.8) is 0 Å². The van der Waals surface area contributed by atoms with Crippen molar-refractivity contribution in [3.05, 3.63) is 0 Å². The zero-order valence-electron chi connectivity index (χ0n) is 9.13. The Labute approximate surface area is 100 Å². The summed E-state index contributed by atoms with van der Waals surface area (Å²) in [5.41, 5.74) is 0. The summed E-state index contributed by atoms with van der Waals surface area (Å²) < 4.78 is 0. The molecule has 0 bridgehead atoms. The van der Waals surface area contributed by atoms with Gasteiger partial charge in [-0.05, 0) is 0 Å². The lowest BCUT2D eigenvalue weighted by Crippen LogP contribution is -2.67. The minimum absolute atomic E-state index is 0.678. The summed E-state index contributed by atoms with van der Waals surface area (Å²) >= 11 is 19.7. The van der Waals surface area contributed by atoms with E-state index in [0.29, 0.717) is 0 Å². The van der Waals surface area contributed by atoms with E-state index in [9.17, 15) is 0 Å². The number of rotatable bonds is 3. The van der Waals surface area contributed by atoms with Crippen molar-refractivity contribution in [1.82, 2.24) is 0 Å². The molecule has 0 amide bonds. The zero-order chi connectivity index (χ0) is 11.1. The maximum absolute atomic E-state index is 6.55. The predicted molar refractivity (Wildman–Crippen MR) is 75.8 cm³/mol. The topological polar surface area (TPSA) is 0 Å². The van der Waals surface area contributed by atoms with E-state index in [2.05, 4.69) is 39.3 Å². The highest BCUT2D eigenvalue weighted by molar-refractivity contribution is 7.97. The number of hydrogen-bond donors (Lipinski definition) is 0. The summed E-state index contributed by atoms with van der Waals surface area (Å²) in [6, 6.07) is 0. The second-order valence-corrected chi connectivity index (χ2v) is 46.0. The van der Waals surface area contributed by atoms with E-state index in [1.807, 2.05) is 0 Å². The third kappa shape index (κ3) is 4.86. The Morgan fingerprint density at radius 3 is 0.769 bits per heavy atom. The lowest BCUT2D eigenvalue weighted by molar-refractivity contribution is 1.97. The lowest BCUT2D eigenvalue weighted by Gasteiger charge is -2.39. The normalized spacial score (nSPS) is 15.2. The molecule has 0 aromatic carbocycles. The van der Waals surface area contributed by atoms with Gasteiger partial charge in [-0.15, -0.1) is 0 Å². The first-order valence-corrected chi connectivity index (χ1v) is 20.9. The minimum Gasteiger partial charge on any atom is -0.172 e. The summed E-state index contributed by atoms with van der Waals surface area (Å²) in [6.45, 7) is 8.36. The van der Waals surface area contributed by atoms with Crippen LogP contribution < -0.4 is 0 Å². The van der Waals surface area contributed by atoms with Gasteiger partial charge in [0.1, 0.15) is 20.7 Å². The van der Waals surface area contributed by atoms with Crippen LogP contribution in [0.3, 0.4) is 0 Å². The summed E-state index contributed by atoms with van der Waals surface area (Å²) in [5, 5.41) is 0. The molecule has 13 heavy (non-hydrogen) atoms. The molecule has 0 fully saturated rings.